The molecule has 7 atom stereocenters. The molecule has 0 saturated carbocycles. The molecule has 248 valence electrons. The first-order valence-electron chi connectivity index (χ1n) is 15.6. The van der Waals surface area contributed by atoms with Crippen molar-refractivity contribution in [1.29, 1.82) is 0 Å². The lowest BCUT2D eigenvalue weighted by atomic mass is 9.72. The normalized spacial score (nSPS) is 27.8. The highest BCUT2D eigenvalue weighted by Crippen LogP contribution is 2.52. The van der Waals surface area contributed by atoms with Crippen molar-refractivity contribution in [2.75, 3.05) is 7.11 Å². The van der Waals surface area contributed by atoms with Gasteiger partial charge in [-0.3, -0.25) is 19.2 Å². The molecular weight excluding hydrogens is 596 g/mol. The van der Waals surface area contributed by atoms with Crippen LogP contribution in [0, 0.1) is 11.8 Å². The van der Waals surface area contributed by atoms with Gasteiger partial charge in [0.2, 0.25) is 11.7 Å². The van der Waals surface area contributed by atoms with E-state index >= 15 is 0 Å². The second-order valence-electron chi connectivity index (χ2n) is 13.2. The summed E-state index contributed by atoms with van der Waals surface area (Å²) < 4.78 is 17.8. The van der Waals surface area contributed by atoms with Gasteiger partial charge in [-0.15, -0.1) is 0 Å². The van der Waals surface area contributed by atoms with Crippen molar-refractivity contribution in [3.63, 3.8) is 0 Å². The summed E-state index contributed by atoms with van der Waals surface area (Å²) in [5.74, 6) is -3.38. The van der Waals surface area contributed by atoms with E-state index in [1.54, 1.807) is 0 Å². The predicted octanol–water partition coefficient (Wildman–Crippen LogP) is 2.84. The maximum Gasteiger partial charge on any atom is 0.237 e. The molecule has 2 aromatic rings. The van der Waals surface area contributed by atoms with Crippen molar-refractivity contribution >= 4 is 23.3 Å². The summed E-state index contributed by atoms with van der Waals surface area (Å²) in [6.45, 7) is 8.90. The van der Waals surface area contributed by atoms with Gasteiger partial charge in [0, 0.05) is 47.9 Å². The Kier molecular flexibility index (Phi) is 9.04. The summed E-state index contributed by atoms with van der Waals surface area (Å²) in [5.41, 5.74) is 3.06. The molecular formula is C34H42N2O10. The Balaban J connectivity index is 1.55. The Morgan fingerprint density at radius 2 is 1.78 bits per heavy atom. The fraction of sp³-hybridized carbons (Fsp3) is 0.529. The number of phenolic OH excluding ortho intramolecular Hbond substituents is 2. The van der Waals surface area contributed by atoms with E-state index in [-0.39, 0.29) is 58.6 Å². The summed E-state index contributed by atoms with van der Waals surface area (Å²) in [5, 5.41) is 37.7. The third kappa shape index (κ3) is 5.68. The van der Waals surface area contributed by atoms with E-state index in [2.05, 4.69) is 5.32 Å². The summed E-state index contributed by atoms with van der Waals surface area (Å²) in [4.78, 5) is 53.2. The number of Topliss-reactive ketones (excluding diaryl/α,β-unsaturated/α-hetero) is 1. The number of hydrogen-bond donors (Lipinski definition) is 5. The molecule has 0 aromatic heterocycles. The van der Waals surface area contributed by atoms with E-state index in [0.717, 1.165) is 0 Å². The van der Waals surface area contributed by atoms with Crippen LogP contribution in [0.4, 0.5) is 0 Å². The number of ketones is 3. The summed E-state index contributed by atoms with van der Waals surface area (Å²) >= 11 is 0. The Hall–Kier alpha value is -3.84. The minimum absolute atomic E-state index is 0.0168. The van der Waals surface area contributed by atoms with Gasteiger partial charge in [-0.05, 0) is 32.3 Å². The molecule has 1 aliphatic heterocycles. The molecule has 3 aliphatic rings. The Bertz CT molecular complexity index is 1600. The zero-order valence-electron chi connectivity index (χ0n) is 26.9. The average Bonchev–Trinajstić information content (AvgIpc) is 2.99. The third-order valence-corrected chi connectivity index (χ3v) is 9.62. The van der Waals surface area contributed by atoms with Gasteiger partial charge < -0.3 is 40.6 Å². The maximum atomic E-state index is 13.8. The highest BCUT2D eigenvalue weighted by molar-refractivity contribution is 6.31. The number of phenols is 2. The molecule has 6 N–H and O–H groups in total. The van der Waals surface area contributed by atoms with Crippen LogP contribution < -0.4 is 15.8 Å². The molecule has 1 heterocycles. The quantitative estimate of drug-likeness (QED) is 0.228. The largest absolute Gasteiger partial charge is 0.507 e. The highest BCUT2D eigenvalue weighted by atomic mass is 16.7. The van der Waals surface area contributed by atoms with Gasteiger partial charge in [0.1, 0.15) is 22.8 Å². The topological polar surface area (TPSA) is 195 Å². The number of carbonyl (C=O) groups excluding carboxylic acids is 4. The van der Waals surface area contributed by atoms with Gasteiger partial charge in [0.25, 0.3) is 0 Å². The van der Waals surface area contributed by atoms with Gasteiger partial charge in [0.15, 0.2) is 17.9 Å². The molecule has 1 saturated heterocycles. The average molecular weight is 639 g/mol. The SMILES string of the molecule is COc1cccc2c1C(=O)c1c(O)c3c(c(O)c1C2=O)C[C@@](O)(C(C)=O)CC3OC1C[C@H](NC(=O)C(N)CC(C)C)[C@H](C)[C@H](C)O1. The number of ether oxygens (including phenoxy) is 3. The molecule has 1 amide bonds. The van der Waals surface area contributed by atoms with Crippen molar-refractivity contribution in [1.82, 2.24) is 5.32 Å². The number of aromatic hydroxyl groups is 2. The number of fused-ring (bicyclic) bond motifs is 3. The molecule has 5 rings (SSSR count). The molecule has 12 nitrogen and oxygen atoms in total. The molecule has 0 bridgehead atoms. The van der Waals surface area contributed by atoms with Gasteiger partial charge in [-0.2, -0.15) is 0 Å². The first-order chi connectivity index (χ1) is 21.6. The van der Waals surface area contributed by atoms with Crippen LogP contribution in [0.1, 0.15) is 103 Å². The number of benzene rings is 2. The lowest BCUT2D eigenvalue weighted by molar-refractivity contribution is -0.238. The highest BCUT2D eigenvalue weighted by Gasteiger charge is 2.49. The monoisotopic (exact) mass is 638 g/mol. The standard InChI is InChI=1S/C34H42N2O10/c1-14(2)10-20(35)33(42)36-21-11-24(45-16(4)15(21)3)46-23-13-34(43,17(5)37)12-19-26(23)32(41)28-27(30(19)39)29(38)18-8-7-9-22(44-6)25(18)31(28)40/h7-9,14-16,20-21,23-24,39,41,43H,10-13,35H2,1-6H3,(H,36,42)/t15-,16+,20?,21+,23?,24?,34+/m1/s1. The summed E-state index contributed by atoms with van der Waals surface area (Å²) in [7, 11) is 1.35. The number of nitrogens with one attached hydrogen (secondary N) is 1. The molecule has 0 spiro atoms. The van der Waals surface area contributed by atoms with Gasteiger partial charge in [-0.25, -0.2) is 0 Å². The molecule has 12 heteroatoms. The number of aliphatic hydroxyl groups is 1. The molecule has 1 fully saturated rings. The van der Waals surface area contributed by atoms with Crippen LogP contribution in [0.3, 0.4) is 0 Å². The lowest BCUT2D eigenvalue weighted by Crippen LogP contribution is -2.54. The minimum atomic E-state index is -2.02. The Morgan fingerprint density at radius 1 is 1.11 bits per heavy atom. The van der Waals surface area contributed by atoms with Gasteiger partial charge >= 0.3 is 0 Å². The van der Waals surface area contributed by atoms with Crippen molar-refractivity contribution in [2.24, 2.45) is 17.6 Å². The molecule has 2 aromatic carbocycles. The van der Waals surface area contributed by atoms with Crippen LogP contribution in [0.5, 0.6) is 17.2 Å². The fourth-order valence-corrected chi connectivity index (χ4v) is 6.84. The van der Waals surface area contributed by atoms with Crippen LogP contribution in [0.25, 0.3) is 0 Å². The van der Waals surface area contributed by atoms with Crippen molar-refractivity contribution in [3.05, 3.63) is 51.6 Å². The summed E-state index contributed by atoms with van der Waals surface area (Å²) in [6.07, 6.45) is -2.71. The minimum Gasteiger partial charge on any atom is -0.507 e. The Morgan fingerprint density at radius 3 is 2.41 bits per heavy atom. The Labute approximate surface area is 267 Å². The second kappa shape index (κ2) is 12.4. The zero-order chi connectivity index (χ0) is 33.8. The maximum absolute atomic E-state index is 13.8. The van der Waals surface area contributed by atoms with Crippen molar-refractivity contribution < 1.29 is 48.7 Å². The van der Waals surface area contributed by atoms with Crippen LogP contribution >= 0.6 is 0 Å². The smallest absolute Gasteiger partial charge is 0.237 e. The van der Waals surface area contributed by atoms with Crippen LogP contribution in [-0.4, -0.2) is 75.8 Å². The van der Waals surface area contributed by atoms with E-state index < -0.39 is 82.6 Å². The lowest BCUT2D eigenvalue weighted by Gasteiger charge is -2.43. The molecule has 46 heavy (non-hydrogen) atoms. The second-order valence-corrected chi connectivity index (χ2v) is 13.2. The van der Waals surface area contributed by atoms with E-state index in [1.165, 1.54) is 32.2 Å². The number of methoxy groups -OCH3 is 1. The molecule has 2 aliphatic carbocycles. The summed E-state index contributed by atoms with van der Waals surface area (Å²) in [6, 6.07) is 3.36. The van der Waals surface area contributed by atoms with E-state index in [0.29, 0.717) is 6.42 Å². The van der Waals surface area contributed by atoms with Crippen molar-refractivity contribution in [2.45, 2.75) is 96.5 Å². The van der Waals surface area contributed by atoms with Gasteiger partial charge in [-0.1, -0.05) is 32.9 Å². The van der Waals surface area contributed by atoms with Crippen LogP contribution in [0.15, 0.2) is 18.2 Å². The number of carbonyl (C=O) groups is 4. The zero-order valence-corrected chi connectivity index (χ0v) is 26.9. The molecule has 3 unspecified atom stereocenters. The number of hydrogen-bond acceptors (Lipinski definition) is 11. The van der Waals surface area contributed by atoms with E-state index in [1.807, 2.05) is 27.7 Å². The number of nitrogens with two attached hydrogens (primary N) is 1. The van der Waals surface area contributed by atoms with Crippen LogP contribution in [-0.2, 0) is 25.5 Å². The van der Waals surface area contributed by atoms with E-state index in [4.69, 9.17) is 19.9 Å². The molecule has 0 radical (unpaired) electrons. The fourth-order valence-electron chi connectivity index (χ4n) is 6.84. The number of amides is 1. The van der Waals surface area contributed by atoms with Crippen molar-refractivity contribution in [3.8, 4) is 17.2 Å². The number of rotatable bonds is 8. The van der Waals surface area contributed by atoms with E-state index in [9.17, 15) is 34.5 Å². The van der Waals surface area contributed by atoms with Gasteiger partial charge in [0.05, 0.1) is 42.0 Å². The predicted molar refractivity (Wildman–Crippen MR) is 165 cm³/mol. The first kappa shape index (κ1) is 33.5. The van der Waals surface area contributed by atoms with Crippen LogP contribution in [0.2, 0.25) is 0 Å². The third-order valence-electron chi connectivity index (χ3n) is 9.62. The first-order valence-corrected chi connectivity index (χ1v) is 15.6.